The Kier molecular flexibility index (Phi) is 10.6. The minimum Gasteiger partial charge on any atom is -0.508 e. The Morgan fingerprint density at radius 3 is 2.17 bits per heavy atom. The molecule has 9 nitrogen and oxygen atoms in total. The van der Waals surface area contributed by atoms with Crippen molar-refractivity contribution in [1.29, 1.82) is 0 Å². The van der Waals surface area contributed by atoms with Gasteiger partial charge in [-0.1, -0.05) is 49.0 Å². The number of ether oxygens (including phenoxy) is 1. The minimum absolute atomic E-state index is 0.0406. The van der Waals surface area contributed by atoms with E-state index < -0.39 is 58.0 Å². The number of carbonyl (C=O) groups excluding carboxylic acids is 3. The van der Waals surface area contributed by atoms with Crippen LogP contribution in [0, 0.1) is 0 Å². The molecular formula is C29H40N2O7SSi2. The molecule has 2 N–H and O–H groups in total. The van der Waals surface area contributed by atoms with Crippen LogP contribution in [-0.4, -0.2) is 61.9 Å². The third-order valence-corrected chi connectivity index (χ3v) is 9.90. The van der Waals surface area contributed by atoms with E-state index in [-0.39, 0.29) is 12.4 Å². The van der Waals surface area contributed by atoms with Crippen molar-refractivity contribution in [1.82, 2.24) is 10.2 Å². The number of likely N-dealkylation sites (tertiary alicyclic amines) is 1. The highest BCUT2D eigenvalue weighted by atomic mass is 32.2. The summed E-state index contributed by atoms with van der Waals surface area (Å²) >= 11 is 1.08. The van der Waals surface area contributed by atoms with E-state index in [0.717, 1.165) is 12.0 Å². The third-order valence-electron chi connectivity index (χ3n) is 5.87. The summed E-state index contributed by atoms with van der Waals surface area (Å²) in [7, 11) is -4.20. The van der Waals surface area contributed by atoms with Crippen LogP contribution < -0.4 is 5.32 Å². The maximum atomic E-state index is 13.6. The van der Waals surface area contributed by atoms with Crippen LogP contribution in [0.3, 0.4) is 0 Å². The molecule has 1 aliphatic heterocycles. The Labute approximate surface area is 248 Å². The van der Waals surface area contributed by atoms with Gasteiger partial charge in [0, 0.05) is 12.0 Å². The predicted octanol–water partition coefficient (Wildman–Crippen LogP) is 5.13. The van der Waals surface area contributed by atoms with Crippen LogP contribution in [0.15, 0.2) is 66.7 Å². The molecule has 0 saturated carbocycles. The van der Waals surface area contributed by atoms with Crippen molar-refractivity contribution < 1.29 is 32.5 Å². The summed E-state index contributed by atoms with van der Waals surface area (Å²) in [6.45, 7) is 17.6. The first-order valence-electron chi connectivity index (χ1n) is 13.4. The quantitative estimate of drug-likeness (QED) is 0.105. The van der Waals surface area contributed by atoms with E-state index in [1.165, 1.54) is 17.0 Å². The minimum atomic E-state index is -2.15. The predicted molar refractivity (Wildman–Crippen MR) is 165 cm³/mol. The van der Waals surface area contributed by atoms with Crippen molar-refractivity contribution in [3.63, 3.8) is 0 Å². The number of β-lactam (4-membered cyclic amide) rings is 1. The number of aromatic hydroxyl groups is 1. The zero-order chi connectivity index (χ0) is 30.5. The second kappa shape index (κ2) is 13.4. The van der Waals surface area contributed by atoms with Crippen LogP contribution in [0.4, 0.5) is 0 Å². The summed E-state index contributed by atoms with van der Waals surface area (Å²) in [6, 6.07) is 13.5. The molecule has 4 atom stereocenters. The number of nitrogens with zero attached hydrogens (tertiary/aromatic N) is 1. The number of nitrogens with one attached hydrogen (secondary N) is 1. The van der Waals surface area contributed by atoms with Gasteiger partial charge >= 0.3 is 5.97 Å². The van der Waals surface area contributed by atoms with Gasteiger partial charge in [0.2, 0.25) is 14.2 Å². The molecule has 1 aliphatic rings. The van der Waals surface area contributed by atoms with Crippen LogP contribution >= 0.6 is 12.0 Å². The summed E-state index contributed by atoms with van der Waals surface area (Å²) in [4.78, 5) is 41.8. The third kappa shape index (κ3) is 9.04. The molecule has 0 aromatic heterocycles. The summed E-state index contributed by atoms with van der Waals surface area (Å²) in [5.74, 6) is -1.42. The van der Waals surface area contributed by atoms with Crippen LogP contribution in [0.2, 0.25) is 39.3 Å². The molecule has 1 heterocycles. The summed E-state index contributed by atoms with van der Waals surface area (Å²) in [5.41, 5.74) is 1.79. The van der Waals surface area contributed by atoms with Crippen molar-refractivity contribution in [3.8, 4) is 5.75 Å². The second-order valence-corrected chi connectivity index (χ2v) is 22.0. The van der Waals surface area contributed by atoms with E-state index >= 15 is 0 Å². The van der Waals surface area contributed by atoms with Gasteiger partial charge in [0.1, 0.15) is 29.9 Å². The normalized spacial score (nSPS) is 18.7. The highest BCUT2D eigenvalue weighted by Gasteiger charge is 2.55. The highest BCUT2D eigenvalue weighted by molar-refractivity contribution is 7.96. The average molecular weight is 617 g/mol. The standard InChI is InChI=1S/C29H40N2O7SSi2/c1-19(2)24(29(35)36-18-20-14-16-22(32)17-15-20)31-27(34)23(28(31)39-38-41(6,7)8)30-26(33)25(37-40(3,4)5)21-12-10-9-11-13-21/h9-17,23-25,28,32H,1,18H2,2-8H3,(H,30,33). The first kappa shape index (κ1) is 32.6. The van der Waals surface area contributed by atoms with Gasteiger partial charge < -0.3 is 28.4 Å². The molecule has 1 saturated heterocycles. The van der Waals surface area contributed by atoms with E-state index in [1.807, 2.05) is 69.6 Å². The zero-order valence-corrected chi connectivity index (χ0v) is 27.5. The fourth-order valence-electron chi connectivity index (χ4n) is 4.05. The lowest BCUT2D eigenvalue weighted by Crippen LogP contribution is -2.73. The molecule has 2 aromatic carbocycles. The van der Waals surface area contributed by atoms with Crippen LogP contribution in [0.1, 0.15) is 24.2 Å². The number of hydrogen-bond donors (Lipinski definition) is 2. The molecule has 222 valence electrons. The molecule has 3 rings (SSSR count). The molecule has 0 spiro atoms. The number of amides is 2. The van der Waals surface area contributed by atoms with Gasteiger partial charge in [-0.05, 0) is 75.0 Å². The lowest BCUT2D eigenvalue weighted by Gasteiger charge is -2.49. The molecular weight excluding hydrogens is 577 g/mol. The van der Waals surface area contributed by atoms with E-state index in [4.69, 9.17) is 13.0 Å². The maximum Gasteiger partial charge on any atom is 0.333 e. The van der Waals surface area contributed by atoms with Crippen molar-refractivity contribution in [2.75, 3.05) is 0 Å². The van der Waals surface area contributed by atoms with Gasteiger partial charge in [-0.15, -0.1) is 0 Å². The Hall–Kier alpha value is -2.91. The van der Waals surface area contributed by atoms with Crippen molar-refractivity contribution >= 4 is 46.5 Å². The Morgan fingerprint density at radius 2 is 1.63 bits per heavy atom. The fourth-order valence-corrected chi connectivity index (χ4v) is 7.16. The van der Waals surface area contributed by atoms with Crippen molar-refractivity contribution in [2.24, 2.45) is 0 Å². The number of phenols is 1. The highest BCUT2D eigenvalue weighted by Crippen LogP contribution is 2.37. The number of esters is 1. The Bertz CT molecular complexity index is 1250. The second-order valence-electron chi connectivity index (χ2n) is 12.0. The summed E-state index contributed by atoms with van der Waals surface area (Å²) in [5, 5.41) is 11.7. The van der Waals surface area contributed by atoms with Crippen molar-refractivity contribution in [3.05, 3.63) is 77.9 Å². The summed E-state index contributed by atoms with van der Waals surface area (Å²) in [6.07, 6.45) is -0.888. The molecule has 2 aromatic rings. The molecule has 12 heteroatoms. The van der Waals surface area contributed by atoms with Crippen LogP contribution in [0.25, 0.3) is 0 Å². The number of rotatable bonds is 13. The van der Waals surface area contributed by atoms with E-state index in [1.54, 1.807) is 19.1 Å². The van der Waals surface area contributed by atoms with E-state index in [2.05, 4.69) is 11.9 Å². The first-order chi connectivity index (χ1) is 19.1. The van der Waals surface area contributed by atoms with Gasteiger partial charge in [0.25, 0.3) is 5.91 Å². The smallest absolute Gasteiger partial charge is 0.333 e. The van der Waals surface area contributed by atoms with Gasteiger partial charge in [-0.25, -0.2) is 4.79 Å². The maximum absolute atomic E-state index is 13.6. The largest absolute Gasteiger partial charge is 0.508 e. The van der Waals surface area contributed by atoms with Crippen LogP contribution in [0.5, 0.6) is 5.75 Å². The molecule has 0 radical (unpaired) electrons. The topological polar surface area (TPSA) is 114 Å². The number of hydrogen-bond acceptors (Lipinski definition) is 8. The van der Waals surface area contributed by atoms with Crippen molar-refractivity contribution in [2.45, 2.75) is 76.4 Å². The Morgan fingerprint density at radius 1 is 1.02 bits per heavy atom. The molecule has 0 aliphatic carbocycles. The number of phenolic OH excluding ortho intramolecular Hbond substituents is 1. The zero-order valence-electron chi connectivity index (χ0n) is 24.7. The van der Waals surface area contributed by atoms with Gasteiger partial charge in [0.05, 0.1) is 0 Å². The SMILES string of the molecule is C=C(C)C(C(=O)OCc1ccc(O)cc1)N1C(=O)C(NC(=O)C(O[Si](C)(C)C)c2ccccc2)C1SO[Si](C)(C)C. The number of benzene rings is 2. The number of carbonyl (C=O) groups is 3. The molecule has 41 heavy (non-hydrogen) atoms. The lowest BCUT2D eigenvalue weighted by atomic mass is 9.98. The summed E-state index contributed by atoms with van der Waals surface area (Å²) < 4.78 is 17.9. The molecule has 1 fully saturated rings. The first-order valence-corrected chi connectivity index (χ1v) is 21.0. The van der Waals surface area contributed by atoms with Gasteiger partial charge in [0.15, 0.2) is 14.4 Å². The molecule has 0 bridgehead atoms. The monoisotopic (exact) mass is 616 g/mol. The van der Waals surface area contributed by atoms with Gasteiger partial charge in [-0.3, -0.25) is 9.59 Å². The molecule has 4 unspecified atom stereocenters. The Balaban J connectivity index is 1.83. The van der Waals surface area contributed by atoms with Gasteiger partial charge in [-0.2, -0.15) is 0 Å². The van der Waals surface area contributed by atoms with E-state index in [9.17, 15) is 19.5 Å². The molecule has 2 amide bonds. The fraction of sp³-hybridized carbons (Fsp3) is 0.414. The lowest BCUT2D eigenvalue weighted by molar-refractivity contribution is -0.164. The average Bonchev–Trinajstić information content (AvgIpc) is 2.88. The van der Waals surface area contributed by atoms with Crippen LogP contribution in [-0.2, 0) is 34.0 Å². The van der Waals surface area contributed by atoms with E-state index in [0.29, 0.717) is 16.7 Å².